The van der Waals surface area contributed by atoms with Gasteiger partial charge in [-0.3, -0.25) is 0 Å². The van der Waals surface area contributed by atoms with Crippen LogP contribution in [0.15, 0.2) is 176 Å². The van der Waals surface area contributed by atoms with Crippen molar-refractivity contribution < 1.29 is 0 Å². The van der Waals surface area contributed by atoms with Crippen LogP contribution in [0.3, 0.4) is 0 Å². The zero-order chi connectivity index (χ0) is 61.3. The smallest absolute Gasteiger partial charge is 0.247 e. The van der Waals surface area contributed by atoms with Crippen LogP contribution >= 0.6 is 11.3 Å². The molecule has 9 aromatic carbocycles. The van der Waals surface area contributed by atoms with E-state index < -0.39 is 0 Å². The number of thiophene rings is 1. The Hall–Kier alpha value is -7.14. The fourth-order valence-corrected chi connectivity index (χ4v) is 17.3. The van der Waals surface area contributed by atoms with E-state index in [1.54, 1.807) is 11.1 Å². The Morgan fingerprint density at radius 1 is 0.448 bits per heavy atom. The molecule has 4 heteroatoms. The van der Waals surface area contributed by atoms with E-state index in [9.17, 15) is 0 Å². The topological polar surface area (TPSA) is 6.48 Å². The van der Waals surface area contributed by atoms with Crippen molar-refractivity contribution in [2.75, 3.05) is 9.80 Å². The van der Waals surface area contributed by atoms with Crippen LogP contribution in [-0.4, -0.2) is 6.71 Å². The molecule has 0 spiro atoms. The van der Waals surface area contributed by atoms with Crippen LogP contribution in [0.4, 0.5) is 34.1 Å². The Morgan fingerprint density at radius 3 is 1.49 bits per heavy atom. The minimum atomic E-state index is -0.133. The zero-order valence-corrected chi connectivity index (χ0v) is 55.8. The van der Waals surface area contributed by atoms with Crippen LogP contribution in [0.25, 0.3) is 42.4 Å². The van der Waals surface area contributed by atoms with Crippen molar-refractivity contribution in [2.24, 2.45) is 5.41 Å². The molecule has 1 aromatic heterocycles. The summed E-state index contributed by atoms with van der Waals surface area (Å²) in [5, 5.41) is 2.65. The molecule has 10 aromatic rings. The number of rotatable bonds is 6. The van der Waals surface area contributed by atoms with Crippen LogP contribution in [0, 0.1) is 5.41 Å². The lowest BCUT2D eigenvalue weighted by molar-refractivity contribution is 0.0926. The van der Waals surface area contributed by atoms with Crippen molar-refractivity contribution in [3.8, 4) is 22.3 Å². The third kappa shape index (κ3) is 9.13. The summed E-state index contributed by atoms with van der Waals surface area (Å²) < 4.78 is 2.71. The summed E-state index contributed by atoms with van der Waals surface area (Å²) in [6.07, 6.45) is 4.88. The van der Waals surface area contributed by atoms with Gasteiger partial charge in [-0.25, -0.2) is 0 Å². The summed E-state index contributed by atoms with van der Waals surface area (Å²) in [6.45, 7) is 40.9. The average molecular weight is 1160 g/mol. The second-order valence-corrected chi connectivity index (χ2v) is 33.3. The highest BCUT2D eigenvalue weighted by atomic mass is 32.1. The molecule has 1 fully saturated rings. The van der Waals surface area contributed by atoms with Gasteiger partial charge >= 0.3 is 0 Å². The minimum absolute atomic E-state index is 0.00265. The average Bonchev–Trinajstić information content (AvgIpc) is 1.56. The highest BCUT2D eigenvalue weighted by molar-refractivity contribution is 7.26. The molecule has 4 aliphatic rings. The molecule has 2 nitrogen and oxygen atoms in total. The lowest BCUT2D eigenvalue weighted by atomic mass is 9.30. The molecule has 2 aliphatic heterocycles. The summed E-state index contributed by atoms with van der Waals surface area (Å²) in [5.41, 5.74) is 27.9. The van der Waals surface area contributed by atoms with E-state index >= 15 is 0 Å². The normalized spacial score (nSPS) is 19.1. The van der Waals surface area contributed by atoms with E-state index in [0.29, 0.717) is 0 Å². The molecule has 2 unspecified atom stereocenters. The van der Waals surface area contributed by atoms with E-state index in [4.69, 9.17) is 0 Å². The SMILES string of the molecule is CC(C)(C)c1ccc(N(c2ccc(C(C)(C)C)cc2)c2cc3c4c(c2)N(c2c(-c5ccccc5)cc(C(C)(C)C)cc2-c2ccccc2)c2cc5c(cc2B4c2cc(C(C)(C)C)cc4c2C3[C@@]2(C)CCCCC42C)sc2cc(C(C)(C)C)ccc25)cc1. The summed E-state index contributed by atoms with van der Waals surface area (Å²) in [6, 6.07) is 70.3. The number of hydrogen-bond donors (Lipinski definition) is 0. The maximum atomic E-state index is 2.82. The number of benzene rings is 9. The summed E-state index contributed by atoms with van der Waals surface area (Å²) in [5.74, 6) is 0.179. The van der Waals surface area contributed by atoms with Crippen molar-refractivity contribution in [3.05, 3.63) is 220 Å². The molecule has 3 atom stereocenters. The Kier molecular flexibility index (Phi) is 13.0. The number of anilines is 6. The van der Waals surface area contributed by atoms with Gasteiger partial charge in [0.1, 0.15) is 0 Å². The van der Waals surface area contributed by atoms with Gasteiger partial charge < -0.3 is 9.80 Å². The monoisotopic (exact) mass is 1160 g/mol. The molecule has 2 aliphatic carbocycles. The fourth-order valence-electron chi connectivity index (χ4n) is 16.1. The molecule has 0 amide bonds. The first kappa shape index (κ1) is 57.6. The Balaban J connectivity index is 1.19. The van der Waals surface area contributed by atoms with Crippen LogP contribution in [0.1, 0.15) is 194 Å². The van der Waals surface area contributed by atoms with Gasteiger partial charge in [0.15, 0.2) is 0 Å². The second kappa shape index (κ2) is 19.7. The van der Waals surface area contributed by atoms with Crippen LogP contribution in [-0.2, 0) is 32.5 Å². The Morgan fingerprint density at radius 2 is 0.954 bits per heavy atom. The van der Waals surface area contributed by atoms with Gasteiger partial charge in [-0.05, 0) is 184 Å². The first-order valence-corrected chi connectivity index (χ1v) is 33.3. The molecule has 0 radical (unpaired) electrons. The lowest BCUT2D eigenvalue weighted by Gasteiger charge is -2.51. The van der Waals surface area contributed by atoms with Gasteiger partial charge in [-0.2, -0.15) is 0 Å². The van der Waals surface area contributed by atoms with Crippen molar-refractivity contribution in [3.63, 3.8) is 0 Å². The van der Waals surface area contributed by atoms with Crippen LogP contribution in [0.5, 0.6) is 0 Å². The van der Waals surface area contributed by atoms with Gasteiger partial charge in [0, 0.05) is 65.7 Å². The summed E-state index contributed by atoms with van der Waals surface area (Å²) in [4.78, 5) is 5.42. The lowest BCUT2D eigenvalue weighted by Crippen LogP contribution is -2.62. The van der Waals surface area contributed by atoms with Crippen LogP contribution in [0.2, 0.25) is 0 Å². The highest BCUT2D eigenvalue weighted by Crippen LogP contribution is 2.68. The van der Waals surface area contributed by atoms with Crippen molar-refractivity contribution in [1.29, 1.82) is 0 Å². The van der Waals surface area contributed by atoms with E-state index in [1.807, 2.05) is 11.3 Å². The Bertz CT molecular complexity index is 4260. The minimum Gasteiger partial charge on any atom is -0.310 e. The van der Waals surface area contributed by atoms with E-state index in [1.165, 1.54) is 141 Å². The second-order valence-electron chi connectivity index (χ2n) is 32.2. The predicted octanol–water partition coefficient (Wildman–Crippen LogP) is 21.9. The van der Waals surface area contributed by atoms with Gasteiger partial charge in [-0.1, -0.05) is 245 Å². The number of fused-ring (bicyclic) bond motifs is 10. The molecule has 1 saturated carbocycles. The van der Waals surface area contributed by atoms with E-state index in [2.05, 4.69) is 303 Å². The molecule has 440 valence electrons. The van der Waals surface area contributed by atoms with Crippen molar-refractivity contribution >= 4 is 88.7 Å². The number of nitrogens with zero attached hydrogens (tertiary/aromatic N) is 2. The fraction of sp³-hybridized carbons (Fsp3) is 0.349. The predicted molar refractivity (Wildman–Crippen MR) is 380 cm³/mol. The summed E-state index contributed by atoms with van der Waals surface area (Å²) in [7, 11) is 0. The van der Waals surface area contributed by atoms with E-state index in [0.717, 1.165) is 11.4 Å². The maximum absolute atomic E-state index is 2.82. The maximum Gasteiger partial charge on any atom is 0.247 e. The standard InChI is InChI=1S/C83H89BN2S/c1-77(2,3)53-30-35-58(36-31-53)85(59-37-32-54(33-38-59)78(4,5)6)60-47-65-74-73-66(82(16)40-24-25-41-83(74,82)17)44-57(81(13,14)15)45-68(73)84-67-50-72-64(61-39-34-55(79(7,8)9)46-71(61)87-72)49-69(67)86(70(48-60)75(65)84)76-62(51-26-20-18-21-27-51)42-56(80(10,11)12)43-63(76)52-28-22-19-23-29-52/h18-23,26-39,42-50,74H,24-25,40-41H2,1-17H3/t74?,82?,83-/m1/s1. The van der Waals surface area contributed by atoms with Gasteiger partial charge in [-0.15, -0.1) is 11.3 Å². The molecule has 0 saturated heterocycles. The first-order valence-electron chi connectivity index (χ1n) is 32.5. The quantitative estimate of drug-likeness (QED) is 0.153. The van der Waals surface area contributed by atoms with E-state index in [-0.39, 0.29) is 50.5 Å². The van der Waals surface area contributed by atoms with Gasteiger partial charge in [0.05, 0.1) is 5.69 Å². The molecule has 14 rings (SSSR count). The molecule has 0 bridgehead atoms. The largest absolute Gasteiger partial charge is 0.310 e. The third-order valence-corrected chi connectivity index (χ3v) is 22.6. The molecular weight excluding hydrogens is 1070 g/mol. The first-order chi connectivity index (χ1) is 41.0. The summed E-state index contributed by atoms with van der Waals surface area (Å²) >= 11 is 1.98. The van der Waals surface area contributed by atoms with Gasteiger partial charge in [0.2, 0.25) is 6.71 Å². The Labute approximate surface area is 525 Å². The molecule has 3 heterocycles. The third-order valence-electron chi connectivity index (χ3n) is 21.5. The molecular formula is C83H89BN2S. The highest BCUT2D eigenvalue weighted by Gasteiger charge is 2.63. The zero-order valence-electron chi connectivity index (χ0n) is 55.0. The van der Waals surface area contributed by atoms with Gasteiger partial charge in [0.25, 0.3) is 0 Å². The van der Waals surface area contributed by atoms with Crippen LogP contribution < -0.4 is 26.2 Å². The number of hydrogen-bond acceptors (Lipinski definition) is 3. The molecule has 87 heavy (non-hydrogen) atoms. The van der Waals surface area contributed by atoms with Crippen molar-refractivity contribution in [2.45, 2.75) is 182 Å². The molecule has 0 N–H and O–H groups in total. The van der Waals surface area contributed by atoms with Crippen molar-refractivity contribution in [1.82, 2.24) is 0 Å².